The summed E-state index contributed by atoms with van der Waals surface area (Å²) in [6.45, 7) is 3.04. The highest BCUT2D eigenvalue weighted by molar-refractivity contribution is 5.73. The number of carbonyl (C=O) groups is 1. The Labute approximate surface area is 83.3 Å². The van der Waals surface area contributed by atoms with Gasteiger partial charge < -0.3 is 0 Å². The lowest BCUT2D eigenvalue weighted by Crippen LogP contribution is -2.07. The minimum absolute atomic E-state index is 0.521. The third-order valence-corrected chi connectivity index (χ3v) is 2.59. The third kappa shape index (κ3) is 1.84. The highest BCUT2D eigenvalue weighted by Crippen LogP contribution is 2.30. The number of aldehydes is 1. The van der Waals surface area contributed by atoms with Gasteiger partial charge >= 0.3 is 0 Å². The van der Waals surface area contributed by atoms with Gasteiger partial charge in [0, 0.05) is 6.54 Å². The summed E-state index contributed by atoms with van der Waals surface area (Å²) >= 11 is 0. The number of aromatic nitrogens is 3. The van der Waals surface area contributed by atoms with Crippen LogP contribution in [0.25, 0.3) is 0 Å². The molecule has 0 bridgehead atoms. The molecule has 1 heterocycles. The fourth-order valence-electron chi connectivity index (χ4n) is 1.62. The van der Waals surface area contributed by atoms with Crippen molar-refractivity contribution in [2.24, 2.45) is 5.92 Å². The van der Waals surface area contributed by atoms with E-state index < -0.39 is 0 Å². The minimum Gasteiger partial charge on any atom is -0.296 e. The maximum Gasteiger partial charge on any atom is 0.172 e. The summed E-state index contributed by atoms with van der Waals surface area (Å²) in [5.41, 5.74) is 1.53. The second-order valence-electron chi connectivity index (χ2n) is 3.91. The molecule has 0 aromatic carbocycles. The van der Waals surface area contributed by atoms with Crippen LogP contribution in [0.5, 0.6) is 0 Å². The van der Waals surface area contributed by atoms with Gasteiger partial charge in [-0.2, -0.15) is 0 Å². The zero-order valence-electron chi connectivity index (χ0n) is 8.44. The molecule has 1 aliphatic rings. The first kappa shape index (κ1) is 9.37. The molecule has 0 N–H and O–H groups in total. The highest BCUT2D eigenvalue weighted by Gasteiger charge is 2.24. The first-order valence-electron chi connectivity index (χ1n) is 5.22. The Morgan fingerprint density at radius 2 is 2.36 bits per heavy atom. The molecule has 2 rings (SSSR count). The van der Waals surface area contributed by atoms with E-state index in [4.69, 9.17) is 0 Å². The lowest BCUT2D eigenvalue weighted by Gasteiger charge is -2.03. The molecule has 0 unspecified atom stereocenters. The van der Waals surface area contributed by atoms with Gasteiger partial charge in [-0.15, -0.1) is 5.10 Å². The minimum atomic E-state index is 0.521. The summed E-state index contributed by atoms with van der Waals surface area (Å²) in [6, 6.07) is 0. The van der Waals surface area contributed by atoms with E-state index in [2.05, 4.69) is 17.2 Å². The van der Waals surface area contributed by atoms with Crippen molar-refractivity contribution < 1.29 is 4.79 Å². The summed E-state index contributed by atoms with van der Waals surface area (Å²) < 4.78 is 1.91. The van der Waals surface area contributed by atoms with Gasteiger partial charge in [0.15, 0.2) is 6.29 Å². The topological polar surface area (TPSA) is 47.8 Å². The van der Waals surface area contributed by atoms with Crippen molar-refractivity contribution in [1.82, 2.24) is 15.0 Å². The Morgan fingerprint density at radius 3 is 2.93 bits per heavy atom. The van der Waals surface area contributed by atoms with Crippen LogP contribution >= 0.6 is 0 Å². The van der Waals surface area contributed by atoms with Gasteiger partial charge in [-0.05, 0) is 25.2 Å². The van der Waals surface area contributed by atoms with Crippen molar-refractivity contribution in [1.29, 1.82) is 0 Å². The monoisotopic (exact) mass is 193 g/mol. The number of rotatable bonds is 5. The molecule has 1 aromatic heterocycles. The van der Waals surface area contributed by atoms with E-state index in [1.54, 1.807) is 0 Å². The summed E-state index contributed by atoms with van der Waals surface area (Å²) in [6.07, 6.45) is 5.32. The van der Waals surface area contributed by atoms with Crippen LogP contribution in [0.1, 0.15) is 42.4 Å². The Hall–Kier alpha value is -1.19. The van der Waals surface area contributed by atoms with Crippen LogP contribution in [0.15, 0.2) is 0 Å². The van der Waals surface area contributed by atoms with Gasteiger partial charge in [0.25, 0.3) is 0 Å². The number of hydrogen-bond donors (Lipinski definition) is 0. The van der Waals surface area contributed by atoms with E-state index >= 15 is 0 Å². The third-order valence-electron chi connectivity index (χ3n) is 2.59. The smallest absolute Gasteiger partial charge is 0.172 e. The second kappa shape index (κ2) is 3.90. The van der Waals surface area contributed by atoms with Gasteiger partial charge in [0.1, 0.15) is 5.69 Å². The van der Waals surface area contributed by atoms with E-state index in [1.165, 1.54) is 12.8 Å². The Kier molecular flexibility index (Phi) is 2.61. The molecule has 0 atom stereocenters. The molecule has 1 fully saturated rings. The van der Waals surface area contributed by atoms with Gasteiger partial charge in [-0.25, -0.2) is 4.68 Å². The summed E-state index contributed by atoms with van der Waals surface area (Å²) in [5.74, 6) is 0.770. The molecular weight excluding hydrogens is 178 g/mol. The van der Waals surface area contributed by atoms with E-state index in [0.29, 0.717) is 5.69 Å². The van der Waals surface area contributed by atoms with Gasteiger partial charge in [-0.1, -0.05) is 18.6 Å². The van der Waals surface area contributed by atoms with Crippen LogP contribution in [-0.4, -0.2) is 21.3 Å². The molecule has 0 radical (unpaired) electrons. The van der Waals surface area contributed by atoms with Crippen LogP contribution in [0.3, 0.4) is 0 Å². The molecule has 1 aromatic rings. The molecule has 4 heteroatoms. The number of hydrogen-bond acceptors (Lipinski definition) is 3. The zero-order valence-corrected chi connectivity index (χ0v) is 8.44. The molecule has 14 heavy (non-hydrogen) atoms. The summed E-state index contributed by atoms with van der Waals surface area (Å²) in [4.78, 5) is 10.7. The lowest BCUT2D eigenvalue weighted by atomic mass is 10.2. The van der Waals surface area contributed by atoms with Crippen molar-refractivity contribution in [2.75, 3.05) is 0 Å². The van der Waals surface area contributed by atoms with Crippen LogP contribution in [0, 0.1) is 5.92 Å². The maximum atomic E-state index is 10.7. The fraction of sp³-hybridized carbons (Fsp3) is 0.700. The second-order valence-corrected chi connectivity index (χ2v) is 3.91. The average Bonchev–Trinajstić information content (AvgIpc) is 2.91. The SMILES string of the molecule is CCCc1c(C=O)nnn1CC1CC1. The zero-order chi connectivity index (χ0) is 9.97. The van der Waals surface area contributed by atoms with Gasteiger partial charge in [0.2, 0.25) is 0 Å². The predicted octanol–water partition coefficient (Wildman–Crippen LogP) is 1.45. The van der Waals surface area contributed by atoms with Crippen LogP contribution in [-0.2, 0) is 13.0 Å². The average molecular weight is 193 g/mol. The summed E-state index contributed by atoms with van der Waals surface area (Å²) in [5, 5.41) is 7.90. The van der Waals surface area contributed by atoms with Crippen molar-refractivity contribution in [2.45, 2.75) is 39.2 Å². The molecule has 4 nitrogen and oxygen atoms in total. The molecular formula is C10H15N3O. The molecule has 1 aliphatic carbocycles. The molecule has 0 spiro atoms. The number of nitrogens with zero attached hydrogens (tertiary/aromatic N) is 3. The summed E-state index contributed by atoms with van der Waals surface area (Å²) in [7, 11) is 0. The fourth-order valence-corrected chi connectivity index (χ4v) is 1.62. The van der Waals surface area contributed by atoms with Crippen LogP contribution < -0.4 is 0 Å². The van der Waals surface area contributed by atoms with Crippen LogP contribution in [0.2, 0.25) is 0 Å². The van der Waals surface area contributed by atoms with Crippen molar-refractivity contribution in [3.05, 3.63) is 11.4 Å². The first-order chi connectivity index (χ1) is 6.85. The standard InChI is InChI=1S/C10H15N3O/c1-2-3-10-9(7-14)11-12-13(10)6-8-4-5-8/h7-8H,2-6H2,1H3. The molecule has 76 valence electrons. The Balaban J connectivity index is 2.18. The van der Waals surface area contributed by atoms with E-state index in [9.17, 15) is 4.79 Å². The number of carbonyl (C=O) groups excluding carboxylic acids is 1. The van der Waals surface area contributed by atoms with Crippen LogP contribution in [0.4, 0.5) is 0 Å². The van der Waals surface area contributed by atoms with Gasteiger partial charge in [-0.3, -0.25) is 4.79 Å². The van der Waals surface area contributed by atoms with E-state index in [-0.39, 0.29) is 0 Å². The Bertz CT molecular complexity index is 328. The largest absolute Gasteiger partial charge is 0.296 e. The first-order valence-corrected chi connectivity index (χ1v) is 5.22. The molecule has 0 amide bonds. The quantitative estimate of drug-likeness (QED) is 0.665. The van der Waals surface area contributed by atoms with Crippen molar-refractivity contribution in [3.63, 3.8) is 0 Å². The molecule has 1 saturated carbocycles. The maximum absolute atomic E-state index is 10.7. The van der Waals surface area contributed by atoms with Crippen molar-refractivity contribution in [3.8, 4) is 0 Å². The highest BCUT2D eigenvalue weighted by atomic mass is 16.1. The van der Waals surface area contributed by atoms with E-state index in [0.717, 1.165) is 37.3 Å². The van der Waals surface area contributed by atoms with E-state index in [1.807, 2.05) is 4.68 Å². The van der Waals surface area contributed by atoms with Gasteiger partial charge in [0.05, 0.1) is 5.69 Å². The molecule has 0 saturated heterocycles. The normalized spacial score (nSPS) is 15.8. The predicted molar refractivity (Wildman–Crippen MR) is 52.1 cm³/mol. The molecule has 0 aliphatic heterocycles. The Morgan fingerprint density at radius 1 is 1.57 bits per heavy atom. The lowest BCUT2D eigenvalue weighted by molar-refractivity contribution is 0.111. The van der Waals surface area contributed by atoms with Crippen molar-refractivity contribution >= 4 is 6.29 Å².